The average molecular weight is 316 g/mol. The van der Waals surface area contributed by atoms with Crippen LogP contribution in [0.15, 0.2) is 53.5 Å². The van der Waals surface area contributed by atoms with Gasteiger partial charge in [0.05, 0.1) is 17.0 Å². The summed E-state index contributed by atoms with van der Waals surface area (Å²) in [5.74, 6) is -0.541. The lowest BCUT2D eigenvalue weighted by atomic mass is 9.99. The van der Waals surface area contributed by atoms with Crippen molar-refractivity contribution in [1.82, 2.24) is 4.57 Å². The van der Waals surface area contributed by atoms with Crippen molar-refractivity contribution in [1.29, 1.82) is 0 Å². The molecule has 0 aliphatic heterocycles. The zero-order valence-electron chi connectivity index (χ0n) is 11.4. The Morgan fingerprint density at radius 2 is 2.00 bits per heavy atom. The molecule has 0 amide bonds. The fourth-order valence-electron chi connectivity index (χ4n) is 2.46. The molecule has 0 N–H and O–H groups in total. The Hall–Kier alpha value is -2.46. The molecule has 0 atom stereocenters. The summed E-state index contributed by atoms with van der Waals surface area (Å²) in [7, 11) is 0. The zero-order chi connectivity index (χ0) is 15.7. The highest BCUT2D eigenvalue weighted by Gasteiger charge is 2.11. The topological polar surface area (TPSA) is 39.1 Å². The van der Waals surface area contributed by atoms with Crippen molar-refractivity contribution in [3.8, 4) is 11.1 Å². The summed E-state index contributed by atoms with van der Waals surface area (Å²) in [6.07, 6.45) is 2.24. The van der Waals surface area contributed by atoms with Gasteiger partial charge in [0.25, 0.3) is 5.56 Å². The molecule has 0 spiro atoms. The number of nitrogens with zero attached hydrogens (tertiary/aromatic N) is 1. The van der Waals surface area contributed by atoms with E-state index in [1.54, 1.807) is 36.5 Å². The lowest BCUT2D eigenvalue weighted by molar-refractivity contribution is -0.108. The van der Waals surface area contributed by atoms with Crippen molar-refractivity contribution in [2.75, 3.05) is 0 Å². The van der Waals surface area contributed by atoms with Crippen LogP contribution in [0.5, 0.6) is 0 Å². The molecule has 3 nitrogen and oxygen atoms in total. The Kier molecular flexibility index (Phi) is 3.77. The predicted octanol–water partition coefficient (Wildman–Crippen LogP) is 3.66. The monoisotopic (exact) mass is 315 g/mol. The summed E-state index contributed by atoms with van der Waals surface area (Å²) in [4.78, 5) is 23.2. The minimum atomic E-state index is -0.541. The largest absolute Gasteiger partial charge is 0.308 e. The van der Waals surface area contributed by atoms with Crippen molar-refractivity contribution in [2.24, 2.45) is 0 Å². The van der Waals surface area contributed by atoms with Crippen LogP contribution in [0.25, 0.3) is 21.9 Å². The summed E-state index contributed by atoms with van der Waals surface area (Å²) < 4.78 is 15.0. The number of halogens is 2. The van der Waals surface area contributed by atoms with Gasteiger partial charge in [-0.05, 0) is 34.7 Å². The smallest absolute Gasteiger partial charge is 0.259 e. The molecule has 110 valence electrons. The van der Waals surface area contributed by atoms with Gasteiger partial charge in [-0.1, -0.05) is 35.9 Å². The van der Waals surface area contributed by atoms with E-state index in [1.165, 1.54) is 16.7 Å². The molecule has 0 aliphatic rings. The van der Waals surface area contributed by atoms with Gasteiger partial charge in [-0.3, -0.25) is 4.79 Å². The van der Waals surface area contributed by atoms with E-state index in [0.717, 1.165) is 5.39 Å². The Bertz CT molecular complexity index is 934. The molecule has 0 radical (unpaired) electrons. The summed E-state index contributed by atoms with van der Waals surface area (Å²) in [5, 5.41) is 1.22. The van der Waals surface area contributed by atoms with Gasteiger partial charge in [-0.2, -0.15) is 0 Å². The van der Waals surface area contributed by atoms with Crippen molar-refractivity contribution >= 4 is 28.7 Å². The standard InChI is InChI=1S/C17H11ClFNO2/c18-14-5-4-12(10-15(14)19)13-3-1-2-11-6-7-20(8-9-21)17(22)16(11)13/h1-7,9-10H,8H2. The Morgan fingerprint density at radius 3 is 2.73 bits per heavy atom. The van der Waals surface area contributed by atoms with Gasteiger partial charge in [0.2, 0.25) is 0 Å². The molecule has 0 bridgehead atoms. The van der Waals surface area contributed by atoms with Gasteiger partial charge in [0.15, 0.2) is 0 Å². The number of benzene rings is 2. The first-order valence-electron chi connectivity index (χ1n) is 6.63. The van der Waals surface area contributed by atoms with E-state index in [1.807, 2.05) is 0 Å². The highest BCUT2D eigenvalue weighted by atomic mass is 35.5. The van der Waals surface area contributed by atoms with Crippen LogP contribution in [0, 0.1) is 5.82 Å². The zero-order valence-corrected chi connectivity index (χ0v) is 12.2. The van der Waals surface area contributed by atoms with Crippen LogP contribution < -0.4 is 5.56 Å². The second-order valence-corrected chi connectivity index (χ2v) is 5.25. The number of aromatic nitrogens is 1. The van der Waals surface area contributed by atoms with E-state index in [2.05, 4.69) is 0 Å². The first kappa shape index (κ1) is 14.5. The number of carbonyl (C=O) groups excluding carboxylic acids is 1. The van der Waals surface area contributed by atoms with E-state index in [9.17, 15) is 14.0 Å². The maximum Gasteiger partial charge on any atom is 0.259 e. The van der Waals surface area contributed by atoms with Crippen LogP contribution in [-0.4, -0.2) is 10.9 Å². The molecule has 0 fully saturated rings. The molecule has 3 aromatic rings. The second kappa shape index (κ2) is 5.73. The number of hydrogen-bond donors (Lipinski definition) is 0. The molecule has 3 rings (SSSR count). The van der Waals surface area contributed by atoms with Gasteiger partial charge in [0.1, 0.15) is 12.1 Å². The Morgan fingerprint density at radius 1 is 1.18 bits per heavy atom. The molecular formula is C17H11ClFNO2. The molecule has 2 aromatic carbocycles. The molecule has 0 unspecified atom stereocenters. The lowest BCUT2D eigenvalue weighted by Crippen LogP contribution is -2.20. The van der Waals surface area contributed by atoms with Gasteiger partial charge < -0.3 is 9.36 Å². The van der Waals surface area contributed by atoms with Crippen molar-refractivity contribution in [2.45, 2.75) is 6.54 Å². The van der Waals surface area contributed by atoms with Gasteiger partial charge >= 0.3 is 0 Å². The number of fused-ring (bicyclic) bond motifs is 1. The van der Waals surface area contributed by atoms with E-state index in [0.29, 0.717) is 22.8 Å². The minimum Gasteiger partial charge on any atom is -0.308 e. The number of hydrogen-bond acceptors (Lipinski definition) is 2. The van der Waals surface area contributed by atoms with E-state index >= 15 is 0 Å². The molecule has 1 aromatic heterocycles. The first-order chi connectivity index (χ1) is 10.6. The van der Waals surface area contributed by atoms with Crippen LogP contribution in [0.3, 0.4) is 0 Å². The van der Waals surface area contributed by atoms with Gasteiger partial charge in [-0.25, -0.2) is 4.39 Å². The lowest BCUT2D eigenvalue weighted by Gasteiger charge is -2.09. The van der Waals surface area contributed by atoms with E-state index in [4.69, 9.17) is 11.6 Å². The Balaban J connectivity index is 2.33. The van der Waals surface area contributed by atoms with Crippen LogP contribution in [0.1, 0.15) is 0 Å². The number of pyridine rings is 1. The second-order valence-electron chi connectivity index (χ2n) is 4.84. The molecular weight excluding hydrogens is 305 g/mol. The fraction of sp³-hybridized carbons (Fsp3) is 0.0588. The van der Waals surface area contributed by atoms with Gasteiger partial charge in [0, 0.05) is 6.20 Å². The summed E-state index contributed by atoms with van der Waals surface area (Å²) in [6.45, 7) is -0.0158. The minimum absolute atomic E-state index is 0.0158. The van der Waals surface area contributed by atoms with Crippen molar-refractivity contribution in [3.05, 3.63) is 69.9 Å². The summed E-state index contributed by atoms with van der Waals surface area (Å²) >= 11 is 5.70. The maximum atomic E-state index is 13.7. The molecule has 0 aliphatic carbocycles. The third-order valence-corrected chi connectivity index (χ3v) is 3.81. The van der Waals surface area contributed by atoms with Crippen LogP contribution in [0.4, 0.5) is 4.39 Å². The van der Waals surface area contributed by atoms with Crippen LogP contribution in [0.2, 0.25) is 5.02 Å². The predicted molar refractivity (Wildman–Crippen MR) is 84.7 cm³/mol. The SMILES string of the molecule is O=CCn1ccc2cccc(-c3ccc(Cl)c(F)c3)c2c1=O. The average Bonchev–Trinajstić information content (AvgIpc) is 2.52. The molecule has 5 heteroatoms. The normalized spacial score (nSPS) is 10.8. The van der Waals surface area contributed by atoms with Crippen molar-refractivity contribution in [3.63, 3.8) is 0 Å². The molecule has 0 saturated heterocycles. The molecule has 1 heterocycles. The highest BCUT2D eigenvalue weighted by Crippen LogP contribution is 2.28. The van der Waals surface area contributed by atoms with Crippen molar-refractivity contribution < 1.29 is 9.18 Å². The van der Waals surface area contributed by atoms with Crippen LogP contribution >= 0.6 is 11.6 Å². The molecule has 0 saturated carbocycles. The third kappa shape index (κ3) is 2.42. The Labute approximate surface area is 130 Å². The summed E-state index contributed by atoms with van der Waals surface area (Å²) in [5.41, 5.74) is 0.891. The number of carbonyl (C=O) groups is 1. The quantitative estimate of drug-likeness (QED) is 0.692. The summed E-state index contributed by atoms with van der Waals surface area (Å²) in [6, 6.07) is 11.5. The molecule has 22 heavy (non-hydrogen) atoms. The fourth-order valence-corrected chi connectivity index (χ4v) is 2.58. The third-order valence-electron chi connectivity index (χ3n) is 3.51. The van der Waals surface area contributed by atoms with E-state index in [-0.39, 0.29) is 17.1 Å². The first-order valence-corrected chi connectivity index (χ1v) is 7.01. The van der Waals surface area contributed by atoms with Crippen LogP contribution in [-0.2, 0) is 11.3 Å². The van der Waals surface area contributed by atoms with E-state index < -0.39 is 5.82 Å². The number of aldehydes is 1. The maximum absolute atomic E-state index is 13.7. The highest BCUT2D eigenvalue weighted by molar-refractivity contribution is 6.30. The number of rotatable bonds is 3. The van der Waals surface area contributed by atoms with Gasteiger partial charge in [-0.15, -0.1) is 0 Å².